The molecule has 4 N–H and O–H groups in total. The Kier molecular flexibility index (Phi) is 4.73. The number of carbonyl (C=O) groups is 2. The van der Waals surface area contributed by atoms with E-state index in [4.69, 9.17) is 5.11 Å². The highest BCUT2D eigenvalue weighted by atomic mass is 16.4. The van der Waals surface area contributed by atoms with Gasteiger partial charge in [0.25, 0.3) is 0 Å². The Morgan fingerprint density at radius 2 is 2.11 bits per heavy atom. The van der Waals surface area contributed by atoms with Gasteiger partial charge in [-0.25, -0.2) is 4.79 Å². The molecule has 8 nitrogen and oxygen atoms in total. The number of hydrogen-bond donors (Lipinski definition) is 4. The highest BCUT2D eigenvalue weighted by Crippen LogP contribution is 2.34. The molecule has 4 rings (SSSR count). The van der Waals surface area contributed by atoms with Crippen LogP contribution in [0.2, 0.25) is 0 Å². The van der Waals surface area contributed by atoms with Gasteiger partial charge in [0.15, 0.2) is 0 Å². The van der Waals surface area contributed by atoms with Gasteiger partial charge in [0.2, 0.25) is 0 Å². The van der Waals surface area contributed by atoms with Crippen molar-refractivity contribution in [3.8, 4) is 0 Å². The fraction of sp³-hybridized carbons (Fsp3) is 0.526. The molecule has 8 heteroatoms. The molecule has 2 fully saturated rings. The van der Waals surface area contributed by atoms with Crippen molar-refractivity contribution < 1.29 is 14.7 Å². The number of aromatic nitrogens is 2. The average molecular weight is 371 g/mol. The number of nitrogens with one attached hydrogen (secondary N) is 3. The molecule has 2 aliphatic rings. The zero-order chi connectivity index (χ0) is 19.0. The molecule has 0 saturated heterocycles. The first kappa shape index (κ1) is 17.8. The van der Waals surface area contributed by atoms with E-state index in [1.54, 1.807) is 6.20 Å². The zero-order valence-corrected chi connectivity index (χ0v) is 15.4. The lowest BCUT2D eigenvalue weighted by Crippen LogP contribution is -2.55. The van der Waals surface area contributed by atoms with E-state index in [0.717, 1.165) is 35.9 Å². The van der Waals surface area contributed by atoms with E-state index in [9.17, 15) is 9.59 Å². The van der Waals surface area contributed by atoms with Crippen LogP contribution in [0.3, 0.4) is 0 Å². The quantitative estimate of drug-likeness (QED) is 0.597. The summed E-state index contributed by atoms with van der Waals surface area (Å²) in [5.74, 6) is -0.134. The minimum absolute atomic E-state index is 0.0770. The van der Waals surface area contributed by atoms with Crippen molar-refractivity contribution in [2.45, 2.75) is 44.7 Å². The number of carboxylic acid groups (broad SMARTS) is 1. The summed E-state index contributed by atoms with van der Waals surface area (Å²) in [6.07, 6.45) is 5.74. The third-order valence-electron chi connectivity index (χ3n) is 5.57. The summed E-state index contributed by atoms with van der Waals surface area (Å²) in [5.41, 5.74) is 2.61. The Morgan fingerprint density at radius 3 is 2.81 bits per heavy atom. The van der Waals surface area contributed by atoms with Crippen LogP contribution in [0, 0.1) is 12.8 Å². The molecule has 1 heterocycles. The number of fused-ring (bicyclic) bond motifs is 1. The van der Waals surface area contributed by atoms with Crippen molar-refractivity contribution in [3.63, 3.8) is 0 Å². The third-order valence-corrected chi connectivity index (χ3v) is 5.57. The average Bonchev–Trinajstić information content (AvgIpc) is 3.24. The molecule has 0 spiro atoms. The summed E-state index contributed by atoms with van der Waals surface area (Å²) in [6, 6.07) is 3.89. The Labute approximate surface area is 157 Å². The van der Waals surface area contributed by atoms with E-state index in [2.05, 4.69) is 25.7 Å². The third kappa shape index (κ3) is 4.05. The molecule has 0 radical (unpaired) electrons. The number of benzene rings is 1. The second kappa shape index (κ2) is 7.19. The van der Waals surface area contributed by atoms with Gasteiger partial charge in [-0.05, 0) is 50.2 Å². The van der Waals surface area contributed by atoms with E-state index in [0.29, 0.717) is 11.6 Å². The summed E-state index contributed by atoms with van der Waals surface area (Å²) in [5, 5.41) is 23.0. The van der Waals surface area contributed by atoms with Crippen LogP contribution >= 0.6 is 0 Å². The second-order valence-electron chi connectivity index (χ2n) is 7.78. The summed E-state index contributed by atoms with van der Waals surface area (Å²) >= 11 is 0. The van der Waals surface area contributed by atoms with Gasteiger partial charge in [-0.3, -0.25) is 14.8 Å². The number of aromatic amines is 1. The van der Waals surface area contributed by atoms with Gasteiger partial charge in [0, 0.05) is 24.0 Å². The number of urea groups is 1. The molecule has 1 aromatic carbocycles. The van der Waals surface area contributed by atoms with Crippen LogP contribution in [0.25, 0.3) is 10.9 Å². The fourth-order valence-electron chi connectivity index (χ4n) is 3.77. The highest BCUT2D eigenvalue weighted by Gasteiger charge is 2.37. The first-order chi connectivity index (χ1) is 13.0. The van der Waals surface area contributed by atoms with E-state index in [1.807, 2.05) is 19.1 Å². The zero-order valence-electron chi connectivity index (χ0n) is 15.4. The molecule has 2 amide bonds. The number of carboxylic acids is 1. The van der Waals surface area contributed by atoms with Crippen molar-refractivity contribution in [2.24, 2.45) is 5.92 Å². The van der Waals surface area contributed by atoms with E-state index < -0.39 is 5.97 Å². The lowest BCUT2D eigenvalue weighted by molar-refractivity contribution is -0.139. The molecule has 27 heavy (non-hydrogen) atoms. The highest BCUT2D eigenvalue weighted by molar-refractivity contribution is 6.00. The standard InChI is InChI=1S/C19H25N5O3/c1-11-2-5-16(18-15(11)8-20-23-18)22-19(27)21-13-6-14(7-13)24(10-17(25)26)9-12-3-4-12/h2,5,8,12-14H,3-4,6-7,9-10H2,1H3,(H,20,23)(H,25,26)(H2,21,22,27). The Balaban J connectivity index is 1.30. The summed E-state index contributed by atoms with van der Waals surface area (Å²) in [6.45, 7) is 2.94. The second-order valence-corrected chi connectivity index (χ2v) is 7.78. The molecule has 2 aliphatic carbocycles. The van der Waals surface area contributed by atoms with E-state index in [-0.39, 0.29) is 24.7 Å². The molecule has 0 atom stereocenters. The minimum Gasteiger partial charge on any atom is -0.480 e. The summed E-state index contributed by atoms with van der Waals surface area (Å²) in [4.78, 5) is 25.5. The number of anilines is 1. The van der Waals surface area contributed by atoms with Crippen LogP contribution < -0.4 is 10.6 Å². The number of hydrogen-bond acceptors (Lipinski definition) is 4. The van der Waals surface area contributed by atoms with Gasteiger partial charge in [-0.15, -0.1) is 0 Å². The molecule has 0 bridgehead atoms. The number of amides is 2. The van der Waals surface area contributed by atoms with Crippen molar-refractivity contribution in [1.29, 1.82) is 0 Å². The summed E-state index contributed by atoms with van der Waals surface area (Å²) < 4.78 is 0. The van der Waals surface area contributed by atoms with Gasteiger partial charge < -0.3 is 15.7 Å². The lowest BCUT2D eigenvalue weighted by atomic mass is 9.85. The van der Waals surface area contributed by atoms with Crippen molar-refractivity contribution in [3.05, 3.63) is 23.9 Å². The topological polar surface area (TPSA) is 110 Å². The van der Waals surface area contributed by atoms with Gasteiger partial charge in [-0.2, -0.15) is 5.10 Å². The largest absolute Gasteiger partial charge is 0.480 e. The maximum absolute atomic E-state index is 12.3. The number of carbonyl (C=O) groups excluding carboxylic acids is 1. The summed E-state index contributed by atoms with van der Waals surface area (Å²) in [7, 11) is 0. The van der Waals surface area contributed by atoms with Crippen LogP contribution in [0.1, 0.15) is 31.2 Å². The number of H-pyrrole nitrogens is 1. The lowest BCUT2D eigenvalue weighted by Gasteiger charge is -2.42. The van der Waals surface area contributed by atoms with E-state index >= 15 is 0 Å². The van der Waals surface area contributed by atoms with Crippen molar-refractivity contribution in [1.82, 2.24) is 20.4 Å². The molecule has 0 unspecified atom stereocenters. The van der Waals surface area contributed by atoms with Crippen LogP contribution in [-0.2, 0) is 4.79 Å². The van der Waals surface area contributed by atoms with Crippen LogP contribution in [0.5, 0.6) is 0 Å². The molecular formula is C19H25N5O3. The molecule has 1 aromatic heterocycles. The molecule has 0 aliphatic heterocycles. The normalized spacial score (nSPS) is 21.9. The maximum Gasteiger partial charge on any atom is 0.319 e. The molecule has 144 valence electrons. The van der Waals surface area contributed by atoms with Gasteiger partial charge in [-0.1, -0.05) is 6.07 Å². The number of rotatable bonds is 7. The Hall–Kier alpha value is -2.61. The van der Waals surface area contributed by atoms with Crippen LogP contribution in [0.4, 0.5) is 10.5 Å². The van der Waals surface area contributed by atoms with Gasteiger partial charge >= 0.3 is 12.0 Å². The number of aryl methyl sites for hydroxylation is 1. The molecule has 2 aromatic rings. The smallest absolute Gasteiger partial charge is 0.319 e. The van der Waals surface area contributed by atoms with Gasteiger partial charge in [0.05, 0.1) is 23.9 Å². The van der Waals surface area contributed by atoms with Crippen molar-refractivity contribution in [2.75, 3.05) is 18.4 Å². The van der Waals surface area contributed by atoms with Crippen LogP contribution in [-0.4, -0.2) is 57.4 Å². The monoisotopic (exact) mass is 371 g/mol. The maximum atomic E-state index is 12.3. The van der Waals surface area contributed by atoms with Gasteiger partial charge in [0.1, 0.15) is 0 Å². The first-order valence-electron chi connectivity index (χ1n) is 9.45. The van der Waals surface area contributed by atoms with E-state index in [1.165, 1.54) is 12.8 Å². The van der Waals surface area contributed by atoms with Crippen molar-refractivity contribution >= 4 is 28.6 Å². The molecular weight excluding hydrogens is 346 g/mol. The SMILES string of the molecule is Cc1ccc(NC(=O)NC2CC(N(CC(=O)O)CC3CC3)C2)c2[nH]ncc12. The first-order valence-corrected chi connectivity index (χ1v) is 9.45. The number of nitrogens with zero attached hydrogens (tertiary/aromatic N) is 2. The Bertz CT molecular complexity index is 854. The predicted molar refractivity (Wildman–Crippen MR) is 102 cm³/mol. The molecule has 2 saturated carbocycles. The van der Waals surface area contributed by atoms with Crippen LogP contribution in [0.15, 0.2) is 18.3 Å². The fourth-order valence-corrected chi connectivity index (χ4v) is 3.77. The minimum atomic E-state index is -0.784. The Morgan fingerprint density at radius 1 is 1.33 bits per heavy atom. The number of aliphatic carboxylic acids is 1. The predicted octanol–water partition coefficient (Wildman–Crippen LogP) is 2.32.